The summed E-state index contributed by atoms with van der Waals surface area (Å²) < 4.78 is 10.5. The summed E-state index contributed by atoms with van der Waals surface area (Å²) in [6.45, 7) is 9.84. The molecule has 0 amide bonds. The van der Waals surface area contributed by atoms with Gasteiger partial charge in [-0.1, -0.05) is 0 Å². The summed E-state index contributed by atoms with van der Waals surface area (Å²) in [4.78, 5) is 13.9. The molecule has 4 heteroatoms. The van der Waals surface area contributed by atoms with Crippen LogP contribution in [0.3, 0.4) is 0 Å². The third-order valence-corrected chi connectivity index (χ3v) is 2.46. The molecule has 0 aromatic rings. The van der Waals surface area contributed by atoms with Crippen LogP contribution in [0, 0.1) is 0 Å². The molecule has 0 aromatic carbocycles. The standard InChI is InChI=1S/C11H21NO3/c1-8(2)12-5-6-14-7-10(12)11(13)15-9(3)4/h8-10H,5-7H2,1-4H3. The van der Waals surface area contributed by atoms with E-state index in [0.29, 0.717) is 19.3 Å². The Bertz CT molecular complexity index is 216. The van der Waals surface area contributed by atoms with E-state index in [-0.39, 0.29) is 18.1 Å². The molecule has 1 atom stereocenters. The minimum Gasteiger partial charge on any atom is -0.462 e. The molecule has 1 aliphatic rings. The summed E-state index contributed by atoms with van der Waals surface area (Å²) >= 11 is 0. The summed E-state index contributed by atoms with van der Waals surface area (Å²) in [6.07, 6.45) is -0.0616. The monoisotopic (exact) mass is 215 g/mol. The molecule has 88 valence electrons. The SMILES string of the molecule is CC(C)OC(=O)C1COCCN1C(C)C. The molecule has 4 nitrogen and oxygen atoms in total. The minimum atomic E-state index is -0.235. The fourth-order valence-corrected chi connectivity index (χ4v) is 1.75. The molecule has 0 radical (unpaired) electrons. The Morgan fingerprint density at radius 2 is 2.07 bits per heavy atom. The average molecular weight is 215 g/mol. The van der Waals surface area contributed by atoms with E-state index >= 15 is 0 Å². The van der Waals surface area contributed by atoms with Crippen molar-refractivity contribution < 1.29 is 14.3 Å². The fraction of sp³-hybridized carbons (Fsp3) is 0.909. The summed E-state index contributed by atoms with van der Waals surface area (Å²) in [6, 6.07) is 0.111. The zero-order chi connectivity index (χ0) is 11.4. The molecule has 0 aromatic heterocycles. The Balaban J connectivity index is 2.59. The lowest BCUT2D eigenvalue weighted by Gasteiger charge is -2.36. The number of hydrogen-bond acceptors (Lipinski definition) is 4. The Hall–Kier alpha value is -0.610. The molecular weight excluding hydrogens is 194 g/mol. The van der Waals surface area contributed by atoms with E-state index in [2.05, 4.69) is 18.7 Å². The van der Waals surface area contributed by atoms with Crippen molar-refractivity contribution in [2.75, 3.05) is 19.8 Å². The van der Waals surface area contributed by atoms with Gasteiger partial charge in [0.2, 0.25) is 0 Å². The van der Waals surface area contributed by atoms with Crippen LogP contribution in [-0.4, -0.2) is 48.8 Å². The van der Waals surface area contributed by atoms with Gasteiger partial charge in [0.1, 0.15) is 6.04 Å². The van der Waals surface area contributed by atoms with Crippen molar-refractivity contribution in [3.05, 3.63) is 0 Å². The molecule has 1 heterocycles. The average Bonchev–Trinajstić information content (AvgIpc) is 2.16. The Morgan fingerprint density at radius 1 is 1.40 bits per heavy atom. The van der Waals surface area contributed by atoms with Crippen molar-refractivity contribution in [3.63, 3.8) is 0 Å². The van der Waals surface area contributed by atoms with Crippen molar-refractivity contribution in [1.29, 1.82) is 0 Å². The highest BCUT2D eigenvalue weighted by Crippen LogP contribution is 2.13. The highest BCUT2D eigenvalue weighted by atomic mass is 16.5. The first-order valence-corrected chi connectivity index (χ1v) is 5.56. The number of nitrogens with zero attached hydrogens (tertiary/aromatic N) is 1. The van der Waals surface area contributed by atoms with Gasteiger partial charge in [0.15, 0.2) is 0 Å². The second-order valence-corrected chi connectivity index (χ2v) is 4.41. The first-order chi connectivity index (χ1) is 7.02. The lowest BCUT2D eigenvalue weighted by atomic mass is 10.2. The number of morpholine rings is 1. The number of esters is 1. The Morgan fingerprint density at radius 3 is 2.60 bits per heavy atom. The van der Waals surface area contributed by atoms with Crippen molar-refractivity contribution in [2.45, 2.75) is 45.9 Å². The normalized spacial score (nSPS) is 23.5. The predicted molar refractivity (Wildman–Crippen MR) is 57.7 cm³/mol. The fourth-order valence-electron chi connectivity index (χ4n) is 1.75. The second-order valence-electron chi connectivity index (χ2n) is 4.41. The summed E-state index contributed by atoms with van der Waals surface area (Å²) in [5.41, 5.74) is 0. The molecule has 0 saturated carbocycles. The highest BCUT2D eigenvalue weighted by Gasteiger charge is 2.32. The Labute approximate surface area is 91.5 Å². The smallest absolute Gasteiger partial charge is 0.326 e. The zero-order valence-electron chi connectivity index (χ0n) is 10.0. The van der Waals surface area contributed by atoms with E-state index < -0.39 is 0 Å². The van der Waals surface area contributed by atoms with Gasteiger partial charge in [-0.2, -0.15) is 0 Å². The molecule has 1 saturated heterocycles. The third kappa shape index (κ3) is 3.47. The van der Waals surface area contributed by atoms with Crippen molar-refractivity contribution in [1.82, 2.24) is 4.90 Å². The van der Waals surface area contributed by atoms with Crippen LogP contribution in [0.5, 0.6) is 0 Å². The predicted octanol–water partition coefficient (Wildman–Crippen LogP) is 1.05. The van der Waals surface area contributed by atoms with Crippen molar-refractivity contribution >= 4 is 5.97 Å². The van der Waals surface area contributed by atoms with Gasteiger partial charge in [-0.15, -0.1) is 0 Å². The van der Waals surface area contributed by atoms with Crippen LogP contribution < -0.4 is 0 Å². The van der Waals surface area contributed by atoms with Crippen LogP contribution in [-0.2, 0) is 14.3 Å². The number of carbonyl (C=O) groups excluding carboxylic acids is 1. The largest absolute Gasteiger partial charge is 0.462 e. The Kier molecular flexibility index (Phi) is 4.54. The van der Waals surface area contributed by atoms with Crippen molar-refractivity contribution in [2.24, 2.45) is 0 Å². The minimum absolute atomic E-state index is 0.0616. The quantitative estimate of drug-likeness (QED) is 0.660. The molecule has 0 aliphatic carbocycles. The first kappa shape index (κ1) is 12.5. The van der Waals surface area contributed by atoms with E-state index in [1.165, 1.54) is 0 Å². The molecule has 0 spiro atoms. The zero-order valence-corrected chi connectivity index (χ0v) is 10.0. The van der Waals surface area contributed by atoms with Gasteiger partial charge in [-0.3, -0.25) is 9.69 Å². The maximum absolute atomic E-state index is 11.8. The second kappa shape index (κ2) is 5.47. The van der Waals surface area contributed by atoms with Crippen molar-refractivity contribution in [3.8, 4) is 0 Å². The molecule has 1 fully saturated rings. The molecule has 0 bridgehead atoms. The molecular formula is C11H21NO3. The van der Waals surface area contributed by atoms with Gasteiger partial charge in [-0.25, -0.2) is 0 Å². The molecule has 15 heavy (non-hydrogen) atoms. The lowest BCUT2D eigenvalue weighted by Crippen LogP contribution is -2.53. The van der Waals surface area contributed by atoms with Gasteiger partial charge < -0.3 is 9.47 Å². The van der Waals surface area contributed by atoms with Gasteiger partial charge in [0.25, 0.3) is 0 Å². The third-order valence-electron chi connectivity index (χ3n) is 2.46. The molecule has 1 rings (SSSR count). The van der Waals surface area contributed by atoms with Crippen LogP contribution in [0.4, 0.5) is 0 Å². The lowest BCUT2D eigenvalue weighted by molar-refractivity contribution is -0.161. The van der Waals surface area contributed by atoms with Gasteiger partial charge >= 0.3 is 5.97 Å². The van der Waals surface area contributed by atoms with Crippen LogP contribution >= 0.6 is 0 Å². The van der Waals surface area contributed by atoms with Crippen LogP contribution in [0.15, 0.2) is 0 Å². The molecule has 1 unspecified atom stereocenters. The van der Waals surface area contributed by atoms with E-state index in [1.807, 2.05) is 13.8 Å². The summed E-state index contributed by atoms with van der Waals surface area (Å²) in [5, 5.41) is 0. The van der Waals surface area contributed by atoms with Crippen LogP contribution in [0.2, 0.25) is 0 Å². The number of carbonyl (C=O) groups is 1. The molecule has 1 aliphatic heterocycles. The summed E-state index contributed by atoms with van der Waals surface area (Å²) in [7, 11) is 0. The van der Waals surface area contributed by atoms with Gasteiger partial charge in [0.05, 0.1) is 19.3 Å². The first-order valence-electron chi connectivity index (χ1n) is 5.56. The topological polar surface area (TPSA) is 38.8 Å². The number of rotatable bonds is 3. The van der Waals surface area contributed by atoms with E-state index in [1.54, 1.807) is 0 Å². The number of ether oxygens (including phenoxy) is 2. The number of hydrogen-bond donors (Lipinski definition) is 0. The van der Waals surface area contributed by atoms with E-state index in [4.69, 9.17) is 9.47 Å². The highest BCUT2D eigenvalue weighted by molar-refractivity contribution is 5.76. The van der Waals surface area contributed by atoms with Gasteiger partial charge in [0, 0.05) is 12.6 Å². The molecule has 0 N–H and O–H groups in total. The maximum atomic E-state index is 11.8. The van der Waals surface area contributed by atoms with Crippen LogP contribution in [0.1, 0.15) is 27.7 Å². The summed E-state index contributed by atoms with van der Waals surface area (Å²) in [5.74, 6) is -0.168. The van der Waals surface area contributed by atoms with Gasteiger partial charge in [-0.05, 0) is 27.7 Å². The maximum Gasteiger partial charge on any atom is 0.326 e. The van der Waals surface area contributed by atoms with E-state index in [9.17, 15) is 4.79 Å². The van der Waals surface area contributed by atoms with E-state index in [0.717, 1.165) is 6.54 Å². The van der Waals surface area contributed by atoms with Crippen LogP contribution in [0.25, 0.3) is 0 Å².